The van der Waals surface area contributed by atoms with Crippen LogP contribution in [0.4, 0.5) is 0 Å². The molecule has 0 saturated carbocycles. The van der Waals surface area contributed by atoms with E-state index in [4.69, 9.17) is 0 Å². The highest BCUT2D eigenvalue weighted by Gasteiger charge is 2.23. The summed E-state index contributed by atoms with van der Waals surface area (Å²) >= 11 is 0. The Balaban J connectivity index is 2.08. The molecule has 1 N–H and O–H groups in total. The van der Waals surface area contributed by atoms with Gasteiger partial charge in [-0.25, -0.2) is 4.79 Å². The summed E-state index contributed by atoms with van der Waals surface area (Å²) in [4.78, 5) is 13.7. The summed E-state index contributed by atoms with van der Waals surface area (Å²) in [5.74, 6) is -0.0590. The van der Waals surface area contributed by atoms with Crippen molar-refractivity contribution >= 4 is 5.97 Å². The molecule has 0 saturated heterocycles. The van der Waals surface area contributed by atoms with Crippen molar-refractivity contribution < 1.29 is 9.90 Å². The van der Waals surface area contributed by atoms with Crippen molar-refractivity contribution in [1.29, 1.82) is 0 Å². The zero-order chi connectivity index (χ0) is 14.7. The Hall–Kier alpha value is -1.35. The average molecular weight is 275 g/mol. The lowest BCUT2D eigenvalue weighted by atomic mass is 9.93. The molecule has 1 unspecified atom stereocenters. The molecule has 0 radical (unpaired) electrons. The third kappa shape index (κ3) is 3.40. The molecular formula is C17H25NO2. The number of fused-ring (bicyclic) bond motifs is 1. The second-order valence-electron chi connectivity index (χ2n) is 6.29. The van der Waals surface area contributed by atoms with E-state index in [-0.39, 0.29) is 0 Å². The maximum Gasteiger partial charge on any atom is 0.335 e. The van der Waals surface area contributed by atoms with Crippen molar-refractivity contribution in [2.75, 3.05) is 6.54 Å². The van der Waals surface area contributed by atoms with E-state index in [1.165, 1.54) is 18.4 Å². The van der Waals surface area contributed by atoms with Gasteiger partial charge >= 0.3 is 5.97 Å². The maximum absolute atomic E-state index is 11.3. The van der Waals surface area contributed by atoms with Gasteiger partial charge in [-0.1, -0.05) is 26.0 Å². The molecular weight excluding hydrogens is 250 g/mol. The molecule has 1 atom stereocenters. The minimum atomic E-state index is -0.803. The third-order valence-electron chi connectivity index (χ3n) is 4.31. The average Bonchev–Trinajstić information content (AvgIpc) is 2.43. The minimum absolute atomic E-state index is 0.483. The van der Waals surface area contributed by atoms with Gasteiger partial charge in [0.25, 0.3) is 0 Å². The predicted octanol–water partition coefficient (Wildman–Crippen LogP) is 3.57. The molecule has 0 aromatic heterocycles. The summed E-state index contributed by atoms with van der Waals surface area (Å²) in [5.41, 5.74) is 2.71. The lowest BCUT2D eigenvalue weighted by molar-refractivity contribution is 0.0694. The Kier molecular flexibility index (Phi) is 4.81. The van der Waals surface area contributed by atoms with E-state index in [1.54, 1.807) is 6.07 Å². The van der Waals surface area contributed by atoms with Gasteiger partial charge in [-0.05, 0) is 49.3 Å². The molecule has 1 aliphatic rings. The summed E-state index contributed by atoms with van der Waals surface area (Å²) in [7, 11) is 0. The summed E-state index contributed by atoms with van der Waals surface area (Å²) in [6, 6.07) is 6.23. The topological polar surface area (TPSA) is 40.5 Å². The van der Waals surface area contributed by atoms with Crippen LogP contribution >= 0.6 is 0 Å². The van der Waals surface area contributed by atoms with Gasteiger partial charge in [0.1, 0.15) is 0 Å². The number of nitrogens with zero attached hydrogens (tertiary/aromatic N) is 1. The van der Waals surface area contributed by atoms with Crippen LogP contribution in [0.3, 0.4) is 0 Å². The van der Waals surface area contributed by atoms with Gasteiger partial charge in [0.05, 0.1) is 5.56 Å². The second-order valence-corrected chi connectivity index (χ2v) is 6.29. The standard InChI is InChI=1S/C17H25NO2/c1-12(2)7-8-13(3)18-10-9-15-14(11-18)5-4-6-16(15)17(19)20/h4-6,12-13H,7-11H2,1-3H3,(H,19,20). The zero-order valence-electron chi connectivity index (χ0n) is 12.7. The van der Waals surface area contributed by atoms with Gasteiger partial charge in [0.2, 0.25) is 0 Å². The number of hydrogen-bond donors (Lipinski definition) is 1. The lowest BCUT2D eigenvalue weighted by Crippen LogP contribution is -2.38. The Morgan fingerprint density at radius 3 is 2.70 bits per heavy atom. The van der Waals surface area contributed by atoms with Gasteiger partial charge in [0, 0.05) is 19.1 Å². The number of carbonyl (C=O) groups is 1. The van der Waals surface area contributed by atoms with Crippen LogP contribution in [-0.2, 0) is 13.0 Å². The molecule has 20 heavy (non-hydrogen) atoms. The summed E-state index contributed by atoms with van der Waals surface area (Å²) in [5, 5.41) is 9.25. The lowest BCUT2D eigenvalue weighted by Gasteiger charge is -2.34. The third-order valence-corrected chi connectivity index (χ3v) is 4.31. The van der Waals surface area contributed by atoms with Crippen molar-refractivity contribution in [3.8, 4) is 0 Å². The maximum atomic E-state index is 11.3. The molecule has 1 heterocycles. The van der Waals surface area contributed by atoms with Crippen molar-refractivity contribution in [1.82, 2.24) is 4.90 Å². The van der Waals surface area contributed by atoms with Gasteiger partial charge < -0.3 is 5.11 Å². The fourth-order valence-corrected chi connectivity index (χ4v) is 2.96. The Morgan fingerprint density at radius 2 is 2.05 bits per heavy atom. The fraction of sp³-hybridized carbons (Fsp3) is 0.588. The van der Waals surface area contributed by atoms with Crippen LogP contribution in [0.15, 0.2) is 18.2 Å². The molecule has 0 aliphatic carbocycles. The van der Waals surface area contributed by atoms with E-state index in [2.05, 4.69) is 31.7 Å². The first-order valence-corrected chi connectivity index (χ1v) is 7.57. The molecule has 0 bridgehead atoms. The SMILES string of the molecule is CC(C)CCC(C)N1CCc2c(cccc2C(=O)O)C1. The zero-order valence-corrected chi connectivity index (χ0v) is 12.7. The number of carboxylic acid groups (broad SMARTS) is 1. The quantitative estimate of drug-likeness (QED) is 0.893. The molecule has 1 aromatic rings. The first-order chi connectivity index (χ1) is 9.49. The summed E-state index contributed by atoms with van der Waals surface area (Å²) in [6.07, 6.45) is 3.31. The van der Waals surface area contributed by atoms with Crippen molar-refractivity contribution in [3.63, 3.8) is 0 Å². The van der Waals surface area contributed by atoms with Gasteiger partial charge in [0.15, 0.2) is 0 Å². The summed E-state index contributed by atoms with van der Waals surface area (Å²) in [6.45, 7) is 8.66. The molecule has 1 aliphatic heterocycles. The van der Waals surface area contributed by atoms with Crippen LogP contribution in [-0.4, -0.2) is 28.6 Å². The van der Waals surface area contributed by atoms with Gasteiger partial charge in [-0.3, -0.25) is 4.90 Å². The van der Waals surface area contributed by atoms with Crippen LogP contribution in [0.5, 0.6) is 0 Å². The highest BCUT2D eigenvalue weighted by atomic mass is 16.4. The first-order valence-electron chi connectivity index (χ1n) is 7.57. The first kappa shape index (κ1) is 15.0. The highest BCUT2D eigenvalue weighted by Crippen LogP contribution is 2.25. The van der Waals surface area contributed by atoms with E-state index < -0.39 is 5.97 Å². The largest absolute Gasteiger partial charge is 0.478 e. The van der Waals surface area contributed by atoms with E-state index in [9.17, 15) is 9.90 Å². The molecule has 0 fully saturated rings. The molecule has 2 rings (SSSR count). The monoisotopic (exact) mass is 275 g/mol. The number of carboxylic acids is 1. The van der Waals surface area contributed by atoms with Crippen molar-refractivity contribution in [2.24, 2.45) is 5.92 Å². The number of rotatable bonds is 5. The smallest absolute Gasteiger partial charge is 0.335 e. The minimum Gasteiger partial charge on any atom is -0.478 e. The highest BCUT2D eigenvalue weighted by molar-refractivity contribution is 5.89. The van der Waals surface area contributed by atoms with Gasteiger partial charge in [-0.15, -0.1) is 0 Å². The molecule has 3 nitrogen and oxygen atoms in total. The number of aromatic carboxylic acids is 1. The van der Waals surface area contributed by atoms with Crippen molar-refractivity contribution in [3.05, 3.63) is 34.9 Å². The Bertz CT molecular complexity index is 482. The Morgan fingerprint density at radius 1 is 1.30 bits per heavy atom. The van der Waals surface area contributed by atoms with Crippen LogP contribution in [0.2, 0.25) is 0 Å². The van der Waals surface area contributed by atoms with Crippen LogP contribution in [0.25, 0.3) is 0 Å². The molecule has 0 amide bonds. The molecule has 1 aromatic carbocycles. The van der Waals surface area contributed by atoms with Crippen molar-refractivity contribution in [2.45, 2.75) is 52.6 Å². The second kappa shape index (κ2) is 6.40. The van der Waals surface area contributed by atoms with Crippen LogP contribution in [0.1, 0.15) is 55.1 Å². The predicted molar refractivity (Wildman–Crippen MR) is 81.0 cm³/mol. The van der Waals surface area contributed by atoms with E-state index in [0.29, 0.717) is 11.6 Å². The fourth-order valence-electron chi connectivity index (χ4n) is 2.96. The molecule has 0 spiro atoms. The van der Waals surface area contributed by atoms with E-state index in [0.717, 1.165) is 31.0 Å². The Labute approximate surface area is 121 Å². The van der Waals surface area contributed by atoms with Crippen LogP contribution in [0, 0.1) is 5.92 Å². The molecule has 110 valence electrons. The van der Waals surface area contributed by atoms with E-state index in [1.807, 2.05) is 6.07 Å². The normalized spacial score (nSPS) is 17.0. The van der Waals surface area contributed by atoms with Gasteiger partial charge in [-0.2, -0.15) is 0 Å². The van der Waals surface area contributed by atoms with Crippen LogP contribution < -0.4 is 0 Å². The molecule has 3 heteroatoms. The summed E-state index contributed by atoms with van der Waals surface area (Å²) < 4.78 is 0. The van der Waals surface area contributed by atoms with E-state index >= 15 is 0 Å². The number of hydrogen-bond acceptors (Lipinski definition) is 2. The number of benzene rings is 1.